The number of ether oxygens (including phenoxy) is 1. The van der Waals surface area contributed by atoms with Crippen LogP contribution in [0.2, 0.25) is 0 Å². The van der Waals surface area contributed by atoms with Crippen molar-refractivity contribution in [3.63, 3.8) is 0 Å². The minimum Gasteiger partial charge on any atom is -0.466 e. The molecule has 0 aliphatic carbocycles. The molecule has 1 amide bonds. The molecule has 2 N–H and O–H groups in total. The lowest BCUT2D eigenvalue weighted by Crippen LogP contribution is -2.11. The van der Waals surface area contributed by atoms with E-state index in [2.05, 4.69) is 4.98 Å². The number of aromatic nitrogens is 1. The number of hydrogen-bond donors (Lipinski definition) is 1. The Labute approximate surface area is 129 Å². The third-order valence-electron chi connectivity index (χ3n) is 3.36. The topological polar surface area (TPSA) is 82.3 Å². The van der Waals surface area contributed by atoms with Gasteiger partial charge in [-0.1, -0.05) is 12.1 Å². The summed E-state index contributed by atoms with van der Waals surface area (Å²) in [7, 11) is 0. The predicted octanol–water partition coefficient (Wildman–Crippen LogP) is 2.15. The molecule has 0 unspecified atom stereocenters. The molecule has 116 valence electrons. The summed E-state index contributed by atoms with van der Waals surface area (Å²) in [4.78, 5) is 26.7. The van der Waals surface area contributed by atoms with Crippen molar-refractivity contribution in [1.82, 2.24) is 4.98 Å². The molecular weight excluding hydrogens is 280 g/mol. The van der Waals surface area contributed by atoms with Crippen LogP contribution in [-0.4, -0.2) is 23.5 Å². The van der Waals surface area contributed by atoms with Gasteiger partial charge in [0.25, 0.3) is 0 Å². The van der Waals surface area contributed by atoms with Crippen molar-refractivity contribution in [3.05, 3.63) is 41.6 Å². The molecule has 0 aliphatic rings. The molecule has 22 heavy (non-hydrogen) atoms. The number of rotatable bonds is 7. The molecule has 0 spiro atoms. The summed E-state index contributed by atoms with van der Waals surface area (Å²) in [5, 5.41) is 1.02. The lowest BCUT2D eigenvalue weighted by Gasteiger charge is -2.05. The zero-order chi connectivity index (χ0) is 15.9. The molecule has 0 bridgehead atoms. The molecule has 0 aliphatic heterocycles. The number of amides is 1. The first-order valence-electron chi connectivity index (χ1n) is 7.41. The summed E-state index contributed by atoms with van der Waals surface area (Å²) in [5.74, 6) is -0.501. The first-order chi connectivity index (χ1) is 10.6. The maximum atomic E-state index is 11.4. The third-order valence-corrected chi connectivity index (χ3v) is 3.36. The van der Waals surface area contributed by atoms with Crippen molar-refractivity contribution in [2.24, 2.45) is 5.73 Å². The highest BCUT2D eigenvalue weighted by Gasteiger charge is 2.05. The Morgan fingerprint density at radius 3 is 2.68 bits per heavy atom. The van der Waals surface area contributed by atoms with Crippen molar-refractivity contribution < 1.29 is 14.3 Å². The number of hydrogen-bond acceptors (Lipinski definition) is 4. The monoisotopic (exact) mass is 300 g/mol. The van der Waals surface area contributed by atoms with Gasteiger partial charge in [-0.3, -0.25) is 14.6 Å². The number of nitrogens with two attached hydrogens (primary N) is 1. The molecule has 1 aromatic carbocycles. The fourth-order valence-electron chi connectivity index (χ4n) is 2.24. The van der Waals surface area contributed by atoms with Crippen molar-refractivity contribution in [1.29, 1.82) is 0 Å². The Balaban J connectivity index is 2.06. The van der Waals surface area contributed by atoms with Crippen LogP contribution in [0.3, 0.4) is 0 Å². The van der Waals surface area contributed by atoms with Gasteiger partial charge >= 0.3 is 5.97 Å². The Bertz CT molecular complexity index is 683. The first-order valence-corrected chi connectivity index (χ1v) is 7.41. The van der Waals surface area contributed by atoms with Gasteiger partial charge < -0.3 is 10.5 Å². The first kappa shape index (κ1) is 15.9. The van der Waals surface area contributed by atoms with Crippen LogP contribution in [0.5, 0.6) is 0 Å². The average Bonchev–Trinajstić information content (AvgIpc) is 2.51. The number of primary amides is 1. The van der Waals surface area contributed by atoms with Gasteiger partial charge in [-0.25, -0.2) is 0 Å². The van der Waals surface area contributed by atoms with E-state index in [0.29, 0.717) is 32.3 Å². The summed E-state index contributed by atoms with van der Waals surface area (Å²) in [6.07, 6.45) is 1.88. The van der Waals surface area contributed by atoms with Crippen molar-refractivity contribution >= 4 is 22.8 Å². The molecule has 0 atom stereocenters. The summed E-state index contributed by atoms with van der Waals surface area (Å²) < 4.78 is 4.91. The summed E-state index contributed by atoms with van der Waals surface area (Å²) >= 11 is 0. The van der Waals surface area contributed by atoms with Gasteiger partial charge in [-0.15, -0.1) is 0 Å². The molecule has 5 heteroatoms. The molecule has 0 saturated carbocycles. The minimum atomic E-state index is -0.299. The van der Waals surface area contributed by atoms with Crippen molar-refractivity contribution in [2.75, 3.05) is 6.61 Å². The number of aryl methyl sites for hydroxylation is 2. The van der Waals surface area contributed by atoms with Gasteiger partial charge in [0, 0.05) is 23.9 Å². The van der Waals surface area contributed by atoms with Crippen LogP contribution < -0.4 is 5.73 Å². The number of esters is 1. The van der Waals surface area contributed by atoms with E-state index in [1.165, 1.54) is 0 Å². The summed E-state index contributed by atoms with van der Waals surface area (Å²) in [5.41, 5.74) is 7.97. The van der Waals surface area contributed by atoms with E-state index >= 15 is 0 Å². The molecule has 1 aromatic heterocycles. The fourth-order valence-corrected chi connectivity index (χ4v) is 2.24. The maximum Gasteiger partial charge on any atom is 0.306 e. The van der Waals surface area contributed by atoms with Gasteiger partial charge in [-0.05, 0) is 37.1 Å². The van der Waals surface area contributed by atoms with Crippen LogP contribution in [0, 0.1) is 0 Å². The SMILES string of the molecule is CCOC(=O)CCc1ccc2cc(CCC(N)=O)ccc2n1. The van der Waals surface area contributed by atoms with E-state index < -0.39 is 0 Å². The van der Waals surface area contributed by atoms with Crippen LogP contribution in [-0.2, 0) is 27.2 Å². The van der Waals surface area contributed by atoms with Crippen LogP contribution in [0.1, 0.15) is 31.0 Å². The zero-order valence-electron chi connectivity index (χ0n) is 12.7. The molecule has 0 radical (unpaired) electrons. The van der Waals surface area contributed by atoms with E-state index in [-0.39, 0.29) is 11.9 Å². The normalized spacial score (nSPS) is 10.6. The highest BCUT2D eigenvalue weighted by molar-refractivity contribution is 5.80. The molecule has 2 aromatic rings. The van der Waals surface area contributed by atoms with E-state index in [9.17, 15) is 9.59 Å². The van der Waals surface area contributed by atoms with Gasteiger partial charge in [0.1, 0.15) is 0 Å². The summed E-state index contributed by atoms with van der Waals surface area (Å²) in [6.45, 7) is 2.19. The smallest absolute Gasteiger partial charge is 0.306 e. The Hall–Kier alpha value is -2.43. The Kier molecular flexibility index (Phi) is 5.47. The lowest BCUT2D eigenvalue weighted by atomic mass is 10.1. The van der Waals surface area contributed by atoms with Crippen LogP contribution >= 0.6 is 0 Å². The largest absolute Gasteiger partial charge is 0.466 e. The second-order valence-electron chi connectivity index (χ2n) is 5.10. The van der Waals surface area contributed by atoms with E-state index in [1.807, 2.05) is 30.3 Å². The lowest BCUT2D eigenvalue weighted by molar-refractivity contribution is -0.143. The van der Waals surface area contributed by atoms with E-state index in [1.54, 1.807) is 6.92 Å². The average molecular weight is 300 g/mol. The standard InChI is InChI=1S/C17H20N2O3/c1-2-22-17(21)10-7-14-6-5-13-11-12(4-9-16(18)20)3-8-15(13)19-14/h3,5-6,8,11H,2,4,7,9-10H2,1H3,(H2,18,20). The van der Waals surface area contributed by atoms with Gasteiger partial charge in [-0.2, -0.15) is 0 Å². The Morgan fingerprint density at radius 2 is 1.95 bits per heavy atom. The number of nitrogens with zero attached hydrogens (tertiary/aromatic N) is 1. The molecular formula is C17H20N2O3. The highest BCUT2D eigenvalue weighted by Crippen LogP contribution is 2.17. The molecule has 0 fully saturated rings. The number of carbonyl (C=O) groups excluding carboxylic acids is 2. The maximum absolute atomic E-state index is 11.4. The number of pyridine rings is 1. The summed E-state index contributed by atoms with van der Waals surface area (Å²) in [6, 6.07) is 9.79. The van der Waals surface area contributed by atoms with Crippen molar-refractivity contribution in [2.45, 2.75) is 32.6 Å². The number of fused-ring (bicyclic) bond motifs is 1. The van der Waals surface area contributed by atoms with Crippen LogP contribution in [0.4, 0.5) is 0 Å². The van der Waals surface area contributed by atoms with Crippen molar-refractivity contribution in [3.8, 4) is 0 Å². The molecule has 1 heterocycles. The van der Waals surface area contributed by atoms with Crippen LogP contribution in [0.25, 0.3) is 10.9 Å². The zero-order valence-corrected chi connectivity index (χ0v) is 12.7. The van der Waals surface area contributed by atoms with E-state index in [4.69, 9.17) is 10.5 Å². The van der Waals surface area contributed by atoms with Crippen LogP contribution in [0.15, 0.2) is 30.3 Å². The number of carbonyl (C=O) groups is 2. The van der Waals surface area contributed by atoms with Gasteiger partial charge in [0.15, 0.2) is 0 Å². The minimum absolute atomic E-state index is 0.203. The van der Waals surface area contributed by atoms with Gasteiger partial charge in [0.05, 0.1) is 18.5 Å². The third kappa shape index (κ3) is 4.55. The highest BCUT2D eigenvalue weighted by atomic mass is 16.5. The van der Waals surface area contributed by atoms with E-state index in [0.717, 1.165) is 22.2 Å². The molecule has 5 nitrogen and oxygen atoms in total. The molecule has 0 saturated heterocycles. The van der Waals surface area contributed by atoms with Gasteiger partial charge in [0.2, 0.25) is 5.91 Å². The second kappa shape index (κ2) is 7.54. The number of benzene rings is 1. The fraction of sp³-hybridized carbons (Fsp3) is 0.353. The Morgan fingerprint density at radius 1 is 1.14 bits per heavy atom. The molecule has 2 rings (SSSR count). The predicted molar refractivity (Wildman–Crippen MR) is 84.2 cm³/mol. The quantitative estimate of drug-likeness (QED) is 0.794. The second-order valence-corrected chi connectivity index (χ2v) is 5.10.